The minimum atomic E-state index is 0.635. The Labute approximate surface area is 75.9 Å². The monoisotopic (exact) mass is 167 g/mol. The van der Waals surface area contributed by atoms with Crippen molar-refractivity contribution in [2.75, 3.05) is 6.54 Å². The minimum Gasteiger partial charge on any atom is -0.313 e. The maximum absolute atomic E-state index is 3.71. The topological polar surface area (TPSA) is 12.0 Å². The molecule has 3 unspecified atom stereocenters. The maximum Gasteiger partial charge on any atom is 0.0146 e. The summed E-state index contributed by atoms with van der Waals surface area (Å²) in [4.78, 5) is 0. The van der Waals surface area contributed by atoms with Gasteiger partial charge in [-0.1, -0.05) is 20.3 Å². The van der Waals surface area contributed by atoms with E-state index in [9.17, 15) is 0 Å². The summed E-state index contributed by atoms with van der Waals surface area (Å²) in [6, 6.07) is 0.819. The first-order valence-corrected chi connectivity index (χ1v) is 5.46. The fourth-order valence-electron chi connectivity index (χ4n) is 3.31. The zero-order valence-corrected chi connectivity index (χ0v) is 8.40. The predicted octanol–water partition coefficient (Wildman–Crippen LogP) is 2.56. The van der Waals surface area contributed by atoms with E-state index in [1.807, 2.05) is 0 Å². The van der Waals surface area contributed by atoms with E-state index in [2.05, 4.69) is 19.2 Å². The summed E-state index contributed by atoms with van der Waals surface area (Å²) in [6.07, 6.45) is 7.19. The Morgan fingerprint density at radius 1 is 1.25 bits per heavy atom. The average molecular weight is 167 g/mol. The zero-order valence-electron chi connectivity index (χ0n) is 8.40. The number of hydrogen-bond acceptors (Lipinski definition) is 1. The molecule has 0 bridgehead atoms. The first kappa shape index (κ1) is 8.55. The third-order valence-electron chi connectivity index (χ3n) is 4.02. The fraction of sp³-hybridized carbons (Fsp3) is 1.00. The van der Waals surface area contributed by atoms with Crippen molar-refractivity contribution >= 4 is 0 Å². The van der Waals surface area contributed by atoms with Crippen molar-refractivity contribution in [1.82, 2.24) is 5.32 Å². The molecule has 0 aromatic rings. The third kappa shape index (κ3) is 1.28. The molecule has 0 aromatic heterocycles. The largest absolute Gasteiger partial charge is 0.313 e. The Hall–Kier alpha value is -0.0400. The average Bonchev–Trinajstić information content (AvgIpc) is 2.04. The SMILES string of the molecule is CC1CCCC2(C)CCCNC12. The van der Waals surface area contributed by atoms with Crippen LogP contribution in [0.25, 0.3) is 0 Å². The highest BCUT2D eigenvalue weighted by molar-refractivity contribution is 4.96. The molecule has 1 aliphatic heterocycles. The smallest absolute Gasteiger partial charge is 0.0146 e. The summed E-state index contributed by atoms with van der Waals surface area (Å²) in [5, 5.41) is 3.71. The molecule has 0 aromatic carbocycles. The van der Waals surface area contributed by atoms with Crippen LogP contribution < -0.4 is 5.32 Å². The van der Waals surface area contributed by atoms with Crippen LogP contribution in [-0.4, -0.2) is 12.6 Å². The van der Waals surface area contributed by atoms with Crippen molar-refractivity contribution < 1.29 is 0 Å². The van der Waals surface area contributed by atoms with Crippen LogP contribution in [0.15, 0.2) is 0 Å². The van der Waals surface area contributed by atoms with E-state index in [1.54, 1.807) is 0 Å². The third-order valence-corrected chi connectivity index (χ3v) is 4.02. The molecular weight excluding hydrogens is 146 g/mol. The van der Waals surface area contributed by atoms with Crippen LogP contribution in [0.1, 0.15) is 46.0 Å². The highest BCUT2D eigenvalue weighted by atomic mass is 15.0. The quantitative estimate of drug-likeness (QED) is 0.584. The van der Waals surface area contributed by atoms with Crippen molar-refractivity contribution in [2.24, 2.45) is 11.3 Å². The molecule has 2 rings (SSSR count). The van der Waals surface area contributed by atoms with Crippen LogP contribution in [0, 0.1) is 11.3 Å². The Balaban J connectivity index is 2.12. The molecule has 0 amide bonds. The Bertz CT molecular complexity index is 162. The van der Waals surface area contributed by atoms with Crippen LogP contribution in [0.3, 0.4) is 0 Å². The van der Waals surface area contributed by atoms with E-state index in [4.69, 9.17) is 0 Å². The van der Waals surface area contributed by atoms with E-state index in [0.29, 0.717) is 5.41 Å². The summed E-state index contributed by atoms with van der Waals surface area (Å²) in [5.41, 5.74) is 0.635. The van der Waals surface area contributed by atoms with Gasteiger partial charge in [-0.25, -0.2) is 0 Å². The lowest BCUT2D eigenvalue weighted by molar-refractivity contribution is 0.0638. The summed E-state index contributed by atoms with van der Waals surface area (Å²) in [6.45, 7) is 6.16. The maximum atomic E-state index is 3.71. The lowest BCUT2D eigenvalue weighted by Crippen LogP contribution is -2.53. The molecule has 1 aliphatic carbocycles. The minimum absolute atomic E-state index is 0.635. The molecule has 1 heterocycles. The second-order valence-corrected chi connectivity index (χ2v) is 5.06. The molecule has 3 atom stereocenters. The molecule has 1 saturated carbocycles. The number of hydrogen-bond donors (Lipinski definition) is 1. The van der Waals surface area contributed by atoms with Gasteiger partial charge in [-0.3, -0.25) is 0 Å². The summed E-state index contributed by atoms with van der Waals surface area (Å²) < 4.78 is 0. The van der Waals surface area contributed by atoms with Gasteiger partial charge in [0.25, 0.3) is 0 Å². The second-order valence-electron chi connectivity index (χ2n) is 5.06. The Morgan fingerprint density at radius 3 is 2.75 bits per heavy atom. The van der Waals surface area contributed by atoms with Crippen molar-refractivity contribution in [3.8, 4) is 0 Å². The van der Waals surface area contributed by atoms with Gasteiger partial charge in [-0.15, -0.1) is 0 Å². The van der Waals surface area contributed by atoms with Crippen LogP contribution in [0.4, 0.5) is 0 Å². The first-order chi connectivity index (χ1) is 5.72. The molecule has 1 N–H and O–H groups in total. The van der Waals surface area contributed by atoms with Crippen LogP contribution in [-0.2, 0) is 0 Å². The van der Waals surface area contributed by atoms with Gasteiger partial charge >= 0.3 is 0 Å². The zero-order chi connectivity index (χ0) is 8.60. The van der Waals surface area contributed by atoms with Gasteiger partial charge in [0.15, 0.2) is 0 Å². The first-order valence-electron chi connectivity index (χ1n) is 5.46. The van der Waals surface area contributed by atoms with E-state index in [1.165, 1.54) is 38.6 Å². The van der Waals surface area contributed by atoms with Gasteiger partial charge in [-0.2, -0.15) is 0 Å². The van der Waals surface area contributed by atoms with Gasteiger partial charge in [0.1, 0.15) is 0 Å². The lowest BCUT2D eigenvalue weighted by atomic mass is 9.63. The lowest BCUT2D eigenvalue weighted by Gasteiger charge is -2.49. The predicted molar refractivity (Wildman–Crippen MR) is 52.1 cm³/mol. The van der Waals surface area contributed by atoms with Gasteiger partial charge in [0.05, 0.1) is 0 Å². The van der Waals surface area contributed by atoms with Crippen molar-refractivity contribution in [3.05, 3.63) is 0 Å². The molecule has 0 radical (unpaired) electrons. The summed E-state index contributed by atoms with van der Waals surface area (Å²) in [7, 11) is 0. The molecule has 0 spiro atoms. The van der Waals surface area contributed by atoms with Crippen LogP contribution in [0.2, 0.25) is 0 Å². The molecule has 1 nitrogen and oxygen atoms in total. The molecule has 1 saturated heterocycles. The van der Waals surface area contributed by atoms with Gasteiger partial charge < -0.3 is 5.32 Å². The number of piperidine rings is 1. The van der Waals surface area contributed by atoms with Crippen molar-refractivity contribution in [1.29, 1.82) is 0 Å². The molecule has 2 aliphatic rings. The van der Waals surface area contributed by atoms with E-state index in [-0.39, 0.29) is 0 Å². The highest BCUT2D eigenvalue weighted by Crippen LogP contribution is 2.44. The Kier molecular flexibility index (Phi) is 2.16. The van der Waals surface area contributed by atoms with Crippen molar-refractivity contribution in [2.45, 2.75) is 52.0 Å². The molecular formula is C11H21N. The van der Waals surface area contributed by atoms with Gasteiger partial charge in [0.2, 0.25) is 0 Å². The Morgan fingerprint density at radius 2 is 2.00 bits per heavy atom. The number of nitrogens with one attached hydrogen (secondary N) is 1. The summed E-state index contributed by atoms with van der Waals surface area (Å²) >= 11 is 0. The molecule has 70 valence electrons. The summed E-state index contributed by atoms with van der Waals surface area (Å²) in [5.74, 6) is 0.907. The van der Waals surface area contributed by atoms with Crippen LogP contribution in [0.5, 0.6) is 0 Å². The number of rotatable bonds is 0. The van der Waals surface area contributed by atoms with E-state index >= 15 is 0 Å². The number of fused-ring (bicyclic) bond motifs is 1. The fourth-order valence-corrected chi connectivity index (χ4v) is 3.31. The highest BCUT2D eigenvalue weighted by Gasteiger charge is 2.41. The second kappa shape index (κ2) is 3.02. The van der Waals surface area contributed by atoms with E-state index < -0.39 is 0 Å². The van der Waals surface area contributed by atoms with Gasteiger partial charge in [-0.05, 0) is 43.6 Å². The van der Waals surface area contributed by atoms with E-state index in [0.717, 1.165) is 12.0 Å². The normalized spacial score (nSPS) is 48.5. The van der Waals surface area contributed by atoms with Crippen molar-refractivity contribution in [3.63, 3.8) is 0 Å². The molecule has 2 fully saturated rings. The molecule has 1 heteroatoms. The van der Waals surface area contributed by atoms with Gasteiger partial charge in [0, 0.05) is 6.04 Å². The van der Waals surface area contributed by atoms with Crippen LogP contribution >= 0.6 is 0 Å². The standard InChI is InChI=1S/C11H21N/c1-9-5-3-6-11(2)7-4-8-12-10(9)11/h9-10,12H,3-8H2,1-2H3. The molecule has 12 heavy (non-hydrogen) atoms.